The molecule has 1 aromatic carbocycles. The van der Waals surface area contributed by atoms with Crippen LogP contribution in [0.1, 0.15) is 11.4 Å². The van der Waals surface area contributed by atoms with Crippen LogP contribution in [0, 0.1) is 32.6 Å². The molecule has 0 N–H and O–H groups in total. The first-order chi connectivity index (χ1) is 7.43. The van der Waals surface area contributed by atoms with Gasteiger partial charge in [-0.2, -0.15) is 0 Å². The average Bonchev–Trinajstić information content (AvgIpc) is 2.26. The Bertz CT molecular complexity index is 547. The third-order valence-corrected chi connectivity index (χ3v) is 4.27. The number of benzene rings is 1. The van der Waals surface area contributed by atoms with Crippen LogP contribution in [-0.2, 0) is 0 Å². The van der Waals surface area contributed by atoms with Crippen molar-refractivity contribution in [3.8, 4) is 0 Å². The average molecular weight is 446 g/mol. The summed E-state index contributed by atoms with van der Waals surface area (Å²) in [6.45, 7) is 3.60. The van der Waals surface area contributed by atoms with Gasteiger partial charge >= 0.3 is 0 Å². The van der Waals surface area contributed by atoms with Crippen molar-refractivity contribution in [2.75, 3.05) is 0 Å². The maximum absolute atomic E-state index is 13.5. The second-order valence-electron chi connectivity index (χ2n) is 3.35. The Morgan fingerprint density at radius 2 is 1.12 bits per heavy atom. The molecule has 0 bridgehead atoms. The van der Waals surface area contributed by atoms with Crippen LogP contribution in [-0.4, -0.2) is 9.97 Å². The SMILES string of the molecule is Cc1nc2c(I)c(F)c(F)c(I)c2nc1C. The van der Waals surface area contributed by atoms with Crippen molar-refractivity contribution in [1.29, 1.82) is 0 Å². The first-order valence-electron chi connectivity index (χ1n) is 4.40. The summed E-state index contributed by atoms with van der Waals surface area (Å²) in [6.07, 6.45) is 0. The van der Waals surface area contributed by atoms with Crippen LogP contribution in [0.25, 0.3) is 11.0 Å². The molecule has 2 rings (SSSR count). The molecule has 0 fully saturated rings. The highest BCUT2D eigenvalue weighted by Gasteiger charge is 2.19. The molecular formula is C10H6F2I2N2. The third kappa shape index (κ3) is 1.79. The Morgan fingerprint density at radius 3 is 1.44 bits per heavy atom. The molecule has 0 amide bonds. The summed E-state index contributed by atoms with van der Waals surface area (Å²) < 4.78 is 27.4. The Balaban J connectivity index is 3.02. The van der Waals surface area contributed by atoms with Gasteiger partial charge in [-0.15, -0.1) is 0 Å². The van der Waals surface area contributed by atoms with Crippen LogP contribution in [0.2, 0.25) is 0 Å². The van der Waals surface area contributed by atoms with Gasteiger partial charge in [-0.1, -0.05) is 0 Å². The zero-order valence-corrected chi connectivity index (χ0v) is 12.7. The van der Waals surface area contributed by atoms with Crippen molar-refractivity contribution >= 4 is 56.2 Å². The lowest BCUT2D eigenvalue weighted by Gasteiger charge is -2.08. The Morgan fingerprint density at radius 1 is 0.812 bits per heavy atom. The van der Waals surface area contributed by atoms with E-state index in [4.69, 9.17) is 0 Å². The van der Waals surface area contributed by atoms with E-state index in [1.54, 1.807) is 59.0 Å². The second-order valence-corrected chi connectivity index (χ2v) is 5.51. The Hall–Kier alpha value is -0.120. The van der Waals surface area contributed by atoms with Crippen LogP contribution in [0.4, 0.5) is 8.78 Å². The predicted molar refractivity (Wildman–Crippen MR) is 74.4 cm³/mol. The van der Waals surface area contributed by atoms with E-state index >= 15 is 0 Å². The number of nitrogens with zero attached hydrogens (tertiary/aromatic N) is 2. The first kappa shape index (κ1) is 12.3. The van der Waals surface area contributed by atoms with Crippen molar-refractivity contribution in [3.05, 3.63) is 30.2 Å². The quantitative estimate of drug-likeness (QED) is 0.351. The number of aromatic nitrogens is 2. The summed E-state index contributed by atoms with van der Waals surface area (Å²) >= 11 is 3.50. The fourth-order valence-corrected chi connectivity index (χ4v) is 2.54. The van der Waals surface area contributed by atoms with E-state index in [1.807, 2.05) is 0 Å². The molecule has 6 heteroatoms. The molecular weight excluding hydrogens is 440 g/mol. The third-order valence-electron chi connectivity index (χ3n) is 2.30. The van der Waals surface area contributed by atoms with E-state index in [-0.39, 0.29) is 7.14 Å². The van der Waals surface area contributed by atoms with E-state index in [2.05, 4.69) is 9.97 Å². The van der Waals surface area contributed by atoms with Crippen LogP contribution in [0.5, 0.6) is 0 Å². The van der Waals surface area contributed by atoms with Gasteiger partial charge in [0.1, 0.15) is 11.0 Å². The molecule has 0 spiro atoms. The molecule has 0 radical (unpaired) electrons. The summed E-state index contributed by atoms with van der Waals surface area (Å²) in [7, 11) is 0. The normalized spacial score (nSPS) is 11.1. The smallest absolute Gasteiger partial charge is 0.175 e. The summed E-state index contributed by atoms with van der Waals surface area (Å²) in [6, 6.07) is 0. The summed E-state index contributed by atoms with van der Waals surface area (Å²) in [4.78, 5) is 8.51. The lowest BCUT2D eigenvalue weighted by atomic mass is 10.2. The zero-order valence-electron chi connectivity index (χ0n) is 8.41. The van der Waals surface area contributed by atoms with Crippen molar-refractivity contribution in [3.63, 3.8) is 0 Å². The molecule has 0 unspecified atom stereocenters. The number of rotatable bonds is 0. The van der Waals surface area contributed by atoms with Crippen LogP contribution in [0.3, 0.4) is 0 Å². The molecule has 0 aliphatic carbocycles. The van der Waals surface area contributed by atoms with Gasteiger partial charge in [-0.05, 0) is 59.0 Å². The fraction of sp³-hybridized carbons (Fsp3) is 0.200. The molecule has 16 heavy (non-hydrogen) atoms. The highest BCUT2D eigenvalue weighted by molar-refractivity contribution is 14.1. The minimum Gasteiger partial charge on any atom is -0.248 e. The van der Waals surface area contributed by atoms with Gasteiger partial charge in [0.15, 0.2) is 11.6 Å². The number of aryl methyl sites for hydroxylation is 2. The van der Waals surface area contributed by atoms with Gasteiger partial charge < -0.3 is 0 Å². The van der Waals surface area contributed by atoms with Crippen molar-refractivity contribution in [1.82, 2.24) is 9.97 Å². The lowest BCUT2D eigenvalue weighted by Crippen LogP contribution is -2.02. The molecule has 0 saturated heterocycles. The Labute approximate surface area is 118 Å². The molecule has 0 atom stereocenters. The largest absolute Gasteiger partial charge is 0.248 e. The Kier molecular flexibility index (Phi) is 3.30. The molecule has 2 nitrogen and oxygen atoms in total. The van der Waals surface area contributed by atoms with Crippen LogP contribution >= 0.6 is 45.2 Å². The number of hydrogen-bond donors (Lipinski definition) is 0. The molecule has 2 aromatic rings. The maximum atomic E-state index is 13.5. The molecule has 0 aliphatic rings. The van der Waals surface area contributed by atoms with Crippen molar-refractivity contribution < 1.29 is 8.78 Å². The first-order valence-corrected chi connectivity index (χ1v) is 6.56. The maximum Gasteiger partial charge on any atom is 0.175 e. The summed E-state index contributed by atoms with van der Waals surface area (Å²) in [5.41, 5.74) is 2.30. The van der Waals surface area contributed by atoms with Gasteiger partial charge in [0.2, 0.25) is 0 Å². The highest BCUT2D eigenvalue weighted by atomic mass is 127. The molecule has 1 aromatic heterocycles. The minimum absolute atomic E-state index is 0.182. The highest BCUT2D eigenvalue weighted by Crippen LogP contribution is 2.29. The van der Waals surface area contributed by atoms with Crippen LogP contribution < -0.4 is 0 Å². The van der Waals surface area contributed by atoms with Crippen LogP contribution in [0.15, 0.2) is 0 Å². The van der Waals surface area contributed by atoms with E-state index in [1.165, 1.54) is 0 Å². The lowest BCUT2D eigenvalue weighted by molar-refractivity contribution is 0.501. The fourth-order valence-electron chi connectivity index (χ4n) is 1.31. The van der Waals surface area contributed by atoms with Crippen molar-refractivity contribution in [2.45, 2.75) is 13.8 Å². The van der Waals surface area contributed by atoms with E-state index in [0.29, 0.717) is 11.0 Å². The predicted octanol–water partition coefficient (Wildman–Crippen LogP) is 3.73. The molecule has 1 heterocycles. The van der Waals surface area contributed by atoms with Gasteiger partial charge in [0.25, 0.3) is 0 Å². The number of fused-ring (bicyclic) bond motifs is 1. The second kappa shape index (κ2) is 4.28. The molecule has 0 saturated carbocycles. The number of halogens is 4. The standard InChI is InChI=1S/C10H6F2I2N2/c1-3-4(2)16-10-8(14)6(12)5(11)7(13)9(10)15-3/h1-2H3. The van der Waals surface area contributed by atoms with E-state index < -0.39 is 11.6 Å². The van der Waals surface area contributed by atoms with E-state index in [9.17, 15) is 8.78 Å². The number of hydrogen-bond acceptors (Lipinski definition) is 2. The molecule has 0 aliphatic heterocycles. The van der Waals surface area contributed by atoms with Gasteiger partial charge in [-0.3, -0.25) is 0 Å². The monoisotopic (exact) mass is 446 g/mol. The summed E-state index contributed by atoms with van der Waals surface area (Å²) in [5.74, 6) is -1.70. The minimum atomic E-state index is -0.852. The topological polar surface area (TPSA) is 25.8 Å². The zero-order chi connectivity index (χ0) is 12.0. The van der Waals surface area contributed by atoms with Gasteiger partial charge in [-0.25, -0.2) is 18.7 Å². The van der Waals surface area contributed by atoms with Crippen molar-refractivity contribution in [2.24, 2.45) is 0 Å². The van der Waals surface area contributed by atoms with Gasteiger partial charge in [0, 0.05) is 0 Å². The molecule has 84 valence electrons. The van der Waals surface area contributed by atoms with Gasteiger partial charge in [0.05, 0.1) is 18.5 Å². The van der Waals surface area contributed by atoms with E-state index in [0.717, 1.165) is 11.4 Å². The summed E-state index contributed by atoms with van der Waals surface area (Å²) in [5, 5.41) is 0.